The van der Waals surface area contributed by atoms with Gasteiger partial charge in [0.05, 0.1) is 30.1 Å². The highest BCUT2D eigenvalue weighted by atomic mass is 35.5. The molecule has 0 amide bonds. The molecule has 1 aromatic rings. The van der Waals surface area contributed by atoms with Gasteiger partial charge in [-0.25, -0.2) is 0 Å². The Labute approximate surface area is 102 Å². The third-order valence-electron chi connectivity index (χ3n) is 2.71. The average Bonchev–Trinajstić information content (AvgIpc) is 2.57. The zero-order valence-corrected chi connectivity index (χ0v) is 10.9. The van der Waals surface area contributed by atoms with Crippen molar-refractivity contribution in [2.45, 2.75) is 32.2 Å². The molecular weight excluding hydrogens is 226 g/mol. The Bertz CT molecular complexity index is 336. The summed E-state index contributed by atoms with van der Waals surface area (Å²) in [6.07, 6.45) is 2.57. The number of halogens is 1. The molecule has 92 valence electrons. The summed E-state index contributed by atoms with van der Waals surface area (Å²) in [6.45, 7) is 6.24. The Balaban J connectivity index is 2.96. The molecule has 16 heavy (non-hydrogen) atoms. The molecule has 0 unspecified atom stereocenters. The second-order valence-electron chi connectivity index (χ2n) is 4.48. The number of ether oxygens (including phenoxy) is 1. The zero-order chi connectivity index (χ0) is 12.2. The van der Waals surface area contributed by atoms with Crippen LogP contribution < -0.4 is 5.73 Å². The summed E-state index contributed by atoms with van der Waals surface area (Å²) in [5, 5.41) is 4.97. The molecule has 0 aliphatic heterocycles. The maximum atomic E-state index is 6.18. The number of nitrogens with zero attached hydrogens (tertiary/aromatic N) is 2. The highest BCUT2D eigenvalue weighted by Crippen LogP contribution is 2.32. The average molecular weight is 246 g/mol. The van der Waals surface area contributed by atoms with Crippen LogP contribution in [0.15, 0.2) is 6.20 Å². The molecule has 0 spiro atoms. The van der Waals surface area contributed by atoms with Gasteiger partial charge in [-0.05, 0) is 13.0 Å². The zero-order valence-electron chi connectivity index (χ0n) is 10.2. The monoisotopic (exact) mass is 245 g/mol. The van der Waals surface area contributed by atoms with Crippen molar-refractivity contribution in [1.29, 1.82) is 0 Å². The molecule has 0 aliphatic carbocycles. The van der Waals surface area contributed by atoms with Crippen LogP contribution in [0.4, 0.5) is 0 Å². The number of methoxy groups -OCH3 is 1. The van der Waals surface area contributed by atoms with Gasteiger partial charge in [0.1, 0.15) is 0 Å². The fourth-order valence-corrected chi connectivity index (χ4v) is 2.26. The molecule has 0 atom stereocenters. The molecule has 1 heterocycles. The maximum Gasteiger partial charge on any atom is 0.0823 e. The molecule has 0 aromatic carbocycles. The van der Waals surface area contributed by atoms with E-state index in [-0.39, 0.29) is 5.41 Å². The van der Waals surface area contributed by atoms with Crippen LogP contribution in [0.5, 0.6) is 0 Å². The Morgan fingerprint density at radius 1 is 1.56 bits per heavy atom. The summed E-state index contributed by atoms with van der Waals surface area (Å²) in [5.74, 6) is 0. The molecule has 0 saturated heterocycles. The van der Waals surface area contributed by atoms with E-state index in [1.807, 2.05) is 4.68 Å². The molecule has 1 aromatic heterocycles. The van der Waals surface area contributed by atoms with Gasteiger partial charge in [-0.3, -0.25) is 4.68 Å². The van der Waals surface area contributed by atoms with Crippen molar-refractivity contribution in [3.8, 4) is 0 Å². The summed E-state index contributed by atoms with van der Waals surface area (Å²) in [7, 11) is 1.68. The van der Waals surface area contributed by atoms with E-state index in [1.54, 1.807) is 13.3 Å². The predicted molar refractivity (Wildman–Crippen MR) is 65.8 cm³/mol. The van der Waals surface area contributed by atoms with Crippen molar-refractivity contribution < 1.29 is 4.74 Å². The van der Waals surface area contributed by atoms with Crippen LogP contribution in [-0.2, 0) is 16.7 Å². The molecular formula is C11H20ClN3O. The number of nitrogens with two attached hydrogens (primary N) is 1. The van der Waals surface area contributed by atoms with Gasteiger partial charge in [0.2, 0.25) is 0 Å². The van der Waals surface area contributed by atoms with E-state index in [1.165, 1.54) is 0 Å². The lowest BCUT2D eigenvalue weighted by atomic mass is 9.85. The molecule has 0 radical (unpaired) electrons. The largest absolute Gasteiger partial charge is 0.383 e. The third kappa shape index (κ3) is 2.97. The van der Waals surface area contributed by atoms with E-state index in [9.17, 15) is 0 Å². The van der Waals surface area contributed by atoms with Crippen LogP contribution in [-0.4, -0.2) is 30.0 Å². The van der Waals surface area contributed by atoms with Crippen LogP contribution >= 0.6 is 11.6 Å². The lowest BCUT2D eigenvalue weighted by molar-refractivity contribution is 0.180. The van der Waals surface area contributed by atoms with E-state index < -0.39 is 0 Å². The van der Waals surface area contributed by atoms with Gasteiger partial charge in [-0.1, -0.05) is 25.4 Å². The number of aromatic nitrogens is 2. The van der Waals surface area contributed by atoms with Gasteiger partial charge in [-0.2, -0.15) is 5.10 Å². The van der Waals surface area contributed by atoms with Crippen LogP contribution in [0, 0.1) is 0 Å². The summed E-state index contributed by atoms with van der Waals surface area (Å²) in [5.41, 5.74) is 6.60. The lowest BCUT2D eigenvalue weighted by Crippen LogP contribution is -2.26. The first-order valence-corrected chi connectivity index (χ1v) is 5.81. The van der Waals surface area contributed by atoms with Crippen molar-refractivity contribution in [2.75, 3.05) is 20.3 Å². The van der Waals surface area contributed by atoms with E-state index in [2.05, 4.69) is 18.9 Å². The highest BCUT2D eigenvalue weighted by Gasteiger charge is 2.27. The van der Waals surface area contributed by atoms with Gasteiger partial charge in [-0.15, -0.1) is 0 Å². The first kappa shape index (κ1) is 13.5. The molecule has 5 heteroatoms. The predicted octanol–water partition coefficient (Wildman–Crippen LogP) is 1.81. The van der Waals surface area contributed by atoms with Crippen LogP contribution in [0.25, 0.3) is 0 Å². The van der Waals surface area contributed by atoms with Gasteiger partial charge in [0, 0.05) is 12.5 Å². The lowest BCUT2D eigenvalue weighted by Gasteiger charge is -2.25. The minimum absolute atomic E-state index is 0.0594. The summed E-state index contributed by atoms with van der Waals surface area (Å²) in [4.78, 5) is 0. The molecule has 2 N–H and O–H groups in total. The summed E-state index contributed by atoms with van der Waals surface area (Å²) < 4.78 is 6.96. The van der Waals surface area contributed by atoms with Crippen molar-refractivity contribution in [3.63, 3.8) is 0 Å². The molecule has 0 saturated carbocycles. The molecule has 0 aliphatic rings. The Morgan fingerprint density at radius 2 is 2.25 bits per heavy atom. The Kier molecular flexibility index (Phi) is 4.77. The van der Waals surface area contributed by atoms with Crippen molar-refractivity contribution in [1.82, 2.24) is 9.78 Å². The quantitative estimate of drug-likeness (QED) is 0.832. The van der Waals surface area contributed by atoms with Crippen molar-refractivity contribution >= 4 is 11.6 Å². The van der Waals surface area contributed by atoms with Crippen LogP contribution in [0.1, 0.15) is 26.0 Å². The standard InChI is InChI=1S/C11H20ClN3O/c1-11(2,4-5-13)10-9(12)8-14-15(10)6-7-16-3/h8H,4-7,13H2,1-3H3. The van der Waals surface area contributed by atoms with E-state index in [0.717, 1.165) is 12.1 Å². The van der Waals surface area contributed by atoms with E-state index in [0.29, 0.717) is 24.7 Å². The highest BCUT2D eigenvalue weighted by molar-refractivity contribution is 6.31. The third-order valence-corrected chi connectivity index (χ3v) is 2.99. The Hall–Kier alpha value is -0.580. The fraction of sp³-hybridized carbons (Fsp3) is 0.727. The molecule has 0 bridgehead atoms. The first-order valence-electron chi connectivity index (χ1n) is 5.43. The van der Waals surface area contributed by atoms with Gasteiger partial charge in [0.25, 0.3) is 0 Å². The Morgan fingerprint density at radius 3 is 2.81 bits per heavy atom. The molecule has 4 nitrogen and oxygen atoms in total. The number of hydrogen-bond acceptors (Lipinski definition) is 3. The van der Waals surface area contributed by atoms with E-state index >= 15 is 0 Å². The van der Waals surface area contributed by atoms with Crippen molar-refractivity contribution in [2.24, 2.45) is 5.73 Å². The molecule has 0 fully saturated rings. The number of hydrogen-bond donors (Lipinski definition) is 1. The summed E-state index contributed by atoms with van der Waals surface area (Å²) in [6, 6.07) is 0. The fourth-order valence-electron chi connectivity index (χ4n) is 1.86. The minimum Gasteiger partial charge on any atom is -0.383 e. The molecule has 1 rings (SSSR count). The minimum atomic E-state index is -0.0594. The second kappa shape index (κ2) is 5.66. The van der Waals surface area contributed by atoms with Gasteiger partial charge < -0.3 is 10.5 Å². The van der Waals surface area contributed by atoms with Gasteiger partial charge in [0.15, 0.2) is 0 Å². The van der Waals surface area contributed by atoms with E-state index in [4.69, 9.17) is 22.1 Å². The smallest absolute Gasteiger partial charge is 0.0823 e. The van der Waals surface area contributed by atoms with Gasteiger partial charge >= 0.3 is 0 Å². The van der Waals surface area contributed by atoms with Crippen LogP contribution in [0.3, 0.4) is 0 Å². The SMILES string of the molecule is COCCn1ncc(Cl)c1C(C)(C)CCN. The first-order chi connectivity index (χ1) is 7.53. The topological polar surface area (TPSA) is 53.1 Å². The van der Waals surface area contributed by atoms with Crippen molar-refractivity contribution in [3.05, 3.63) is 16.9 Å². The second-order valence-corrected chi connectivity index (χ2v) is 4.89. The number of rotatable bonds is 6. The van der Waals surface area contributed by atoms with Crippen LogP contribution in [0.2, 0.25) is 5.02 Å². The summed E-state index contributed by atoms with van der Waals surface area (Å²) >= 11 is 6.18. The normalized spacial score (nSPS) is 12.1. The maximum absolute atomic E-state index is 6.18.